The van der Waals surface area contributed by atoms with Gasteiger partial charge >= 0.3 is 0 Å². The van der Waals surface area contributed by atoms with Crippen molar-refractivity contribution in [3.05, 3.63) is 58.7 Å². The molecule has 2 N–H and O–H groups in total. The molecule has 7 heteroatoms. The number of guanidine groups is 1. The molecule has 0 aromatic heterocycles. The largest absolute Gasteiger partial charge is 0.496 e. The second-order valence-electron chi connectivity index (χ2n) is 8.74. The molecule has 180 valence electrons. The van der Waals surface area contributed by atoms with Crippen LogP contribution in [0.25, 0.3) is 0 Å². The van der Waals surface area contributed by atoms with E-state index in [4.69, 9.17) is 14.2 Å². The Morgan fingerprint density at radius 1 is 1.09 bits per heavy atom. The minimum Gasteiger partial charge on any atom is -0.496 e. The molecule has 4 rings (SSSR count). The molecule has 2 aliphatic heterocycles. The zero-order valence-electron chi connectivity index (χ0n) is 19.9. The number of halogens is 1. The van der Waals surface area contributed by atoms with Crippen LogP contribution in [0, 0.1) is 6.92 Å². The highest BCUT2D eigenvalue weighted by molar-refractivity contribution is 14.0. The molecule has 0 amide bonds. The van der Waals surface area contributed by atoms with Crippen molar-refractivity contribution in [1.29, 1.82) is 0 Å². The van der Waals surface area contributed by atoms with Gasteiger partial charge in [0.25, 0.3) is 0 Å². The van der Waals surface area contributed by atoms with E-state index in [2.05, 4.69) is 58.9 Å². The number of fused-ring (bicyclic) bond motifs is 1. The maximum Gasteiger partial charge on any atom is 0.191 e. The summed E-state index contributed by atoms with van der Waals surface area (Å²) < 4.78 is 17.0. The van der Waals surface area contributed by atoms with Gasteiger partial charge in [-0.05, 0) is 49.4 Å². The molecular formula is C26H36IN3O3. The fourth-order valence-corrected chi connectivity index (χ4v) is 4.73. The van der Waals surface area contributed by atoms with Crippen LogP contribution in [0.5, 0.6) is 11.5 Å². The summed E-state index contributed by atoms with van der Waals surface area (Å²) in [7, 11) is 3.58. The minimum absolute atomic E-state index is 0. The molecule has 2 aromatic carbocycles. The van der Waals surface area contributed by atoms with E-state index in [9.17, 15) is 0 Å². The van der Waals surface area contributed by atoms with Gasteiger partial charge in [0.05, 0.1) is 13.7 Å². The molecule has 2 aliphatic rings. The first-order valence-electron chi connectivity index (χ1n) is 11.6. The van der Waals surface area contributed by atoms with Gasteiger partial charge < -0.3 is 24.8 Å². The summed E-state index contributed by atoms with van der Waals surface area (Å²) in [4.78, 5) is 4.46. The Morgan fingerprint density at radius 2 is 1.91 bits per heavy atom. The van der Waals surface area contributed by atoms with Gasteiger partial charge in [-0.25, -0.2) is 0 Å². The third-order valence-electron chi connectivity index (χ3n) is 6.65. The summed E-state index contributed by atoms with van der Waals surface area (Å²) in [6, 6.07) is 13.0. The van der Waals surface area contributed by atoms with Crippen molar-refractivity contribution < 1.29 is 14.2 Å². The Kier molecular flexibility index (Phi) is 9.26. The number of aliphatic imine (C=N–C) groups is 1. The fourth-order valence-electron chi connectivity index (χ4n) is 4.73. The monoisotopic (exact) mass is 565 g/mol. The number of nitrogens with zero attached hydrogens (tertiary/aromatic N) is 1. The molecule has 0 unspecified atom stereocenters. The molecule has 2 aromatic rings. The van der Waals surface area contributed by atoms with Crippen LogP contribution in [0.15, 0.2) is 41.4 Å². The zero-order valence-corrected chi connectivity index (χ0v) is 22.2. The summed E-state index contributed by atoms with van der Waals surface area (Å²) in [6.07, 6.45) is 3.86. The summed E-state index contributed by atoms with van der Waals surface area (Å²) in [5.74, 6) is 2.81. The number of rotatable bonds is 7. The van der Waals surface area contributed by atoms with Gasteiger partial charge in [0.1, 0.15) is 11.5 Å². The number of methoxy groups -OCH3 is 1. The second kappa shape index (κ2) is 11.9. The number of benzene rings is 2. The summed E-state index contributed by atoms with van der Waals surface area (Å²) in [5.41, 5.74) is 5.09. The van der Waals surface area contributed by atoms with Crippen molar-refractivity contribution in [1.82, 2.24) is 10.6 Å². The van der Waals surface area contributed by atoms with Gasteiger partial charge in [0.15, 0.2) is 5.96 Å². The molecule has 0 radical (unpaired) electrons. The molecule has 0 atom stereocenters. The maximum absolute atomic E-state index is 5.73. The lowest BCUT2D eigenvalue weighted by molar-refractivity contribution is 0.0505. The Bertz CT molecular complexity index is 958. The van der Waals surface area contributed by atoms with E-state index in [-0.39, 0.29) is 29.4 Å². The topological polar surface area (TPSA) is 64.1 Å². The van der Waals surface area contributed by atoms with Crippen LogP contribution in [0.3, 0.4) is 0 Å². The van der Waals surface area contributed by atoms with Crippen molar-refractivity contribution in [3.8, 4) is 11.5 Å². The standard InChI is InChI=1S/C26H35N3O3.HI/c1-19-4-6-24(30-3)22(16-19)26(10-14-31-15-11-26)18-29-25(27-2)28-12-8-20-5-7-23-21(17-20)9-13-32-23;/h4-7,16-17H,8-15,18H2,1-3H3,(H2,27,28,29);1H. The van der Waals surface area contributed by atoms with Crippen LogP contribution in [0.4, 0.5) is 0 Å². The average Bonchev–Trinajstić information content (AvgIpc) is 3.30. The average molecular weight is 565 g/mol. The molecular weight excluding hydrogens is 529 g/mol. The molecule has 6 nitrogen and oxygen atoms in total. The lowest BCUT2D eigenvalue weighted by atomic mass is 9.73. The number of hydrogen-bond acceptors (Lipinski definition) is 4. The van der Waals surface area contributed by atoms with Crippen LogP contribution in [-0.4, -0.2) is 53.0 Å². The first-order valence-corrected chi connectivity index (χ1v) is 11.6. The van der Waals surface area contributed by atoms with E-state index >= 15 is 0 Å². The molecule has 0 aliphatic carbocycles. The minimum atomic E-state index is -0.0484. The van der Waals surface area contributed by atoms with Gasteiger partial charge in [-0.3, -0.25) is 4.99 Å². The van der Waals surface area contributed by atoms with Crippen molar-refractivity contribution in [3.63, 3.8) is 0 Å². The first kappa shape index (κ1) is 25.6. The Balaban J connectivity index is 0.00000306. The van der Waals surface area contributed by atoms with E-state index in [0.717, 1.165) is 76.1 Å². The van der Waals surface area contributed by atoms with Gasteiger partial charge in [0, 0.05) is 50.8 Å². The lowest BCUT2D eigenvalue weighted by Gasteiger charge is -2.39. The summed E-state index contributed by atoms with van der Waals surface area (Å²) in [6.45, 7) is 6.05. The van der Waals surface area contributed by atoms with Gasteiger partial charge in [0.2, 0.25) is 0 Å². The predicted molar refractivity (Wildman–Crippen MR) is 144 cm³/mol. The number of aryl methyl sites for hydroxylation is 1. The van der Waals surface area contributed by atoms with Crippen molar-refractivity contribution in [2.45, 2.75) is 38.0 Å². The SMILES string of the molecule is CN=C(NCCc1ccc2c(c1)CCO2)NCC1(c2cc(C)ccc2OC)CCOCC1.I. The van der Waals surface area contributed by atoms with Crippen molar-refractivity contribution in [2.75, 3.05) is 47.1 Å². The first-order chi connectivity index (χ1) is 15.6. The highest BCUT2D eigenvalue weighted by Crippen LogP contribution is 2.40. The number of hydrogen-bond donors (Lipinski definition) is 2. The maximum atomic E-state index is 5.73. The quantitative estimate of drug-likeness (QED) is 0.302. The molecule has 33 heavy (non-hydrogen) atoms. The second-order valence-corrected chi connectivity index (χ2v) is 8.74. The number of ether oxygens (including phenoxy) is 3. The predicted octanol–water partition coefficient (Wildman–Crippen LogP) is 4.01. The van der Waals surface area contributed by atoms with E-state index in [1.54, 1.807) is 7.11 Å². The van der Waals surface area contributed by atoms with Crippen LogP contribution in [0.1, 0.15) is 35.1 Å². The van der Waals surface area contributed by atoms with E-state index in [1.807, 2.05) is 7.05 Å². The van der Waals surface area contributed by atoms with Crippen LogP contribution in [-0.2, 0) is 23.0 Å². The Hall–Kier alpha value is -2.00. The third kappa shape index (κ3) is 6.12. The van der Waals surface area contributed by atoms with Gasteiger partial charge in [-0.2, -0.15) is 0 Å². The van der Waals surface area contributed by atoms with E-state index in [0.29, 0.717) is 0 Å². The third-order valence-corrected chi connectivity index (χ3v) is 6.65. The smallest absolute Gasteiger partial charge is 0.191 e. The van der Waals surface area contributed by atoms with Crippen molar-refractivity contribution >= 4 is 29.9 Å². The van der Waals surface area contributed by atoms with Crippen LogP contribution < -0.4 is 20.1 Å². The van der Waals surface area contributed by atoms with Crippen LogP contribution in [0.2, 0.25) is 0 Å². The molecule has 0 saturated carbocycles. The molecule has 1 saturated heterocycles. The molecule has 0 bridgehead atoms. The fraction of sp³-hybridized carbons (Fsp3) is 0.500. The normalized spacial score (nSPS) is 16.9. The summed E-state index contributed by atoms with van der Waals surface area (Å²) >= 11 is 0. The Labute approximate surface area is 214 Å². The molecule has 0 spiro atoms. The molecule has 1 fully saturated rings. The Morgan fingerprint density at radius 3 is 2.67 bits per heavy atom. The highest BCUT2D eigenvalue weighted by atomic mass is 127. The lowest BCUT2D eigenvalue weighted by Crippen LogP contribution is -2.48. The van der Waals surface area contributed by atoms with Gasteiger partial charge in [-0.15, -0.1) is 24.0 Å². The number of nitrogens with one attached hydrogen (secondary N) is 2. The van der Waals surface area contributed by atoms with Gasteiger partial charge in [-0.1, -0.05) is 29.8 Å². The zero-order chi connectivity index (χ0) is 22.4. The summed E-state index contributed by atoms with van der Waals surface area (Å²) in [5, 5.41) is 7.06. The van der Waals surface area contributed by atoms with E-state index in [1.165, 1.54) is 22.3 Å². The van der Waals surface area contributed by atoms with Crippen LogP contribution >= 0.6 is 24.0 Å². The van der Waals surface area contributed by atoms with Crippen molar-refractivity contribution in [2.24, 2.45) is 4.99 Å². The highest BCUT2D eigenvalue weighted by Gasteiger charge is 2.37. The molecule has 2 heterocycles. The van der Waals surface area contributed by atoms with E-state index < -0.39 is 0 Å².